The molecule has 0 spiro atoms. The number of nitrogens with one attached hydrogen (secondary N) is 1. The number of anilines is 1. The standard InChI is InChI=1S/C17H16N2S/c18-12-16-15-9-5-4-6-13(15)10-11-17(16)19-20-14-7-2-1-3-8-14/h1-3,7-8,10-11,19H,4-6,9H2. The minimum absolute atomic E-state index is 0.825. The van der Waals surface area contributed by atoms with Crippen molar-refractivity contribution in [1.29, 1.82) is 5.26 Å². The van der Waals surface area contributed by atoms with Gasteiger partial charge in [-0.15, -0.1) is 0 Å². The number of hydrogen-bond donors (Lipinski definition) is 1. The van der Waals surface area contributed by atoms with Gasteiger partial charge in [-0.05, 0) is 67.0 Å². The molecule has 0 aromatic heterocycles. The van der Waals surface area contributed by atoms with Crippen molar-refractivity contribution in [1.82, 2.24) is 0 Å². The molecule has 2 aromatic carbocycles. The monoisotopic (exact) mass is 280 g/mol. The summed E-state index contributed by atoms with van der Waals surface area (Å²) in [7, 11) is 0. The van der Waals surface area contributed by atoms with Gasteiger partial charge in [-0.1, -0.05) is 24.3 Å². The van der Waals surface area contributed by atoms with E-state index in [9.17, 15) is 5.26 Å². The Morgan fingerprint density at radius 3 is 2.60 bits per heavy atom. The summed E-state index contributed by atoms with van der Waals surface area (Å²) in [6.07, 6.45) is 4.57. The first-order valence-electron chi connectivity index (χ1n) is 6.91. The minimum atomic E-state index is 0.825. The van der Waals surface area contributed by atoms with Gasteiger partial charge in [0.15, 0.2) is 0 Å². The molecule has 0 fully saturated rings. The van der Waals surface area contributed by atoms with E-state index >= 15 is 0 Å². The molecule has 20 heavy (non-hydrogen) atoms. The van der Waals surface area contributed by atoms with Crippen molar-refractivity contribution >= 4 is 17.6 Å². The van der Waals surface area contributed by atoms with Crippen LogP contribution in [0.1, 0.15) is 29.5 Å². The first-order valence-corrected chi connectivity index (χ1v) is 7.73. The van der Waals surface area contributed by atoms with Gasteiger partial charge in [0.2, 0.25) is 0 Å². The van der Waals surface area contributed by atoms with Crippen molar-refractivity contribution < 1.29 is 0 Å². The first kappa shape index (κ1) is 13.1. The Morgan fingerprint density at radius 1 is 1.00 bits per heavy atom. The molecule has 1 aliphatic rings. The number of nitriles is 1. The highest BCUT2D eigenvalue weighted by molar-refractivity contribution is 8.00. The third kappa shape index (κ3) is 2.66. The minimum Gasteiger partial charge on any atom is -0.324 e. The highest BCUT2D eigenvalue weighted by atomic mass is 32.2. The number of rotatable bonds is 3. The van der Waals surface area contributed by atoms with Crippen LogP contribution in [0.3, 0.4) is 0 Å². The lowest BCUT2D eigenvalue weighted by Crippen LogP contribution is -2.06. The summed E-state index contributed by atoms with van der Waals surface area (Å²) in [5, 5.41) is 9.47. The average Bonchev–Trinajstić information content (AvgIpc) is 2.53. The first-order chi connectivity index (χ1) is 9.88. The Morgan fingerprint density at radius 2 is 1.80 bits per heavy atom. The normalized spacial score (nSPS) is 13.3. The smallest absolute Gasteiger partial charge is 0.102 e. The number of nitrogens with zero attached hydrogens (tertiary/aromatic N) is 1. The molecule has 0 amide bonds. The van der Waals surface area contributed by atoms with Crippen LogP contribution in [0.2, 0.25) is 0 Å². The second-order valence-corrected chi connectivity index (χ2v) is 5.84. The van der Waals surface area contributed by atoms with E-state index in [-0.39, 0.29) is 0 Å². The van der Waals surface area contributed by atoms with Crippen molar-refractivity contribution in [3.63, 3.8) is 0 Å². The maximum absolute atomic E-state index is 9.47. The molecule has 0 aliphatic heterocycles. The molecule has 0 radical (unpaired) electrons. The van der Waals surface area contributed by atoms with E-state index in [0.29, 0.717) is 0 Å². The zero-order valence-electron chi connectivity index (χ0n) is 11.2. The fourth-order valence-corrected chi connectivity index (χ4v) is 3.33. The van der Waals surface area contributed by atoms with Gasteiger partial charge in [0.05, 0.1) is 11.3 Å². The molecule has 0 saturated carbocycles. The third-order valence-corrected chi connectivity index (χ3v) is 4.50. The summed E-state index contributed by atoms with van der Waals surface area (Å²) < 4.78 is 3.32. The molecule has 3 rings (SSSR count). The number of hydrogen-bond acceptors (Lipinski definition) is 3. The van der Waals surface area contributed by atoms with Crippen molar-refractivity contribution in [3.05, 3.63) is 59.2 Å². The van der Waals surface area contributed by atoms with Crippen molar-refractivity contribution in [3.8, 4) is 6.07 Å². The number of fused-ring (bicyclic) bond motifs is 1. The second kappa shape index (κ2) is 6.02. The number of aryl methyl sites for hydroxylation is 1. The summed E-state index contributed by atoms with van der Waals surface area (Å²) >= 11 is 1.55. The van der Waals surface area contributed by atoms with Crippen LogP contribution in [0.4, 0.5) is 5.69 Å². The average molecular weight is 280 g/mol. The van der Waals surface area contributed by atoms with Gasteiger partial charge in [-0.3, -0.25) is 0 Å². The van der Waals surface area contributed by atoms with Crippen molar-refractivity contribution in [2.75, 3.05) is 4.72 Å². The van der Waals surface area contributed by atoms with Crippen molar-refractivity contribution in [2.45, 2.75) is 30.6 Å². The highest BCUT2D eigenvalue weighted by Gasteiger charge is 2.16. The summed E-state index contributed by atoms with van der Waals surface area (Å²) in [4.78, 5) is 1.15. The predicted octanol–water partition coefficient (Wildman–Crippen LogP) is 4.56. The SMILES string of the molecule is N#Cc1c(NSc2ccccc2)ccc2c1CCCC2. The summed E-state index contributed by atoms with van der Waals surface area (Å²) in [6.45, 7) is 0. The summed E-state index contributed by atoms with van der Waals surface area (Å²) in [6, 6.07) is 16.7. The Labute approximate surface area is 124 Å². The zero-order chi connectivity index (χ0) is 13.8. The largest absolute Gasteiger partial charge is 0.324 e. The Hall–Kier alpha value is -1.92. The van der Waals surface area contributed by atoms with E-state index in [2.05, 4.69) is 29.0 Å². The molecule has 3 heteroatoms. The Kier molecular flexibility index (Phi) is 3.94. The molecule has 0 atom stereocenters. The van der Waals surface area contributed by atoms with E-state index in [1.165, 1.54) is 24.0 Å². The summed E-state index contributed by atoms with van der Waals surface area (Å²) in [5.74, 6) is 0. The van der Waals surface area contributed by atoms with Crippen LogP contribution in [0.15, 0.2) is 47.4 Å². The lowest BCUT2D eigenvalue weighted by Gasteiger charge is -2.19. The molecule has 0 heterocycles. The third-order valence-electron chi connectivity index (χ3n) is 3.67. The van der Waals surface area contributed by atoms with E-state index in [1.807, 2.05) is 24.3 Å². The molecule has 2 nitrogen and oxygen atoms in total. The second-order valence-electron chi connectivity index (χ2n) is 4.96. The maximum Gasteiger partial charge on any atom is 0.102 e. The van der Waals surface area contributed by atoms with Crippen LogP contribution in [0, 0.1) is 11.3 Å². The maximum atomic E-state index is 9.47. The summed E-state index contributed by atoms with van der Waals surface area (Å²) in [5.41, 5.74) is 4.35. The van der Waals surface area contributed by atoms with Gasteiger partial charge < -0.3 is 4.72 Å². The lowest BCUT2D eigenvalue weighted by atomic mass is 9.88. The molecule has 1 aliphatic carbocycles. The van der Waals surface area contributed by atoms with E-state index in [4.69, 9.17) is 0 Å². The van der Waals surface area contributed by atoms with Crippen LogP contribution in [0.5, 0.6) is 0 Å². The molecular weight excluding hydrogens is 264 g/mol. The molecule has 0 unspecified atom stereocenters. The molecule has 0 saturated heterocycles. The topological polar surface area (TPSA) is 35.8 Å². The number of benzene rings is 2. The van der Waals surface area contributed by atoms with Gasteiger partial charge in [-0.25, -0.2) is 0 Å². The zero-order valence-corrected chi connectivity index (χ0v) is 12.0. The lowest BCUT2D eigenvalue weighted by molar-refractivity contribution is 0.684. The van der Waals surface area contributed by atoms with Gasteiger partial charge in [0.1, 0.15) is 6.07 Å². The van der Waals surface area contributed by atoms with Crippen molar-refractivity contribution in [2.24, 2.45) is 0 Å². The fraction of sp³-hybridized carbons (Fsp3) is 0.235. The van der Waals surface area contributed by atoms with E-state index < -0.39 is 0 Å². The van der Waals surface area contributed by atoms with Crippen LogP contribution in [-0.4, -0.2) is 0 Å². The van der Waals surface area contributed by atoms with Gasteiger partial charge >= 0.3 is 0 Å². The molecule has 1 N–H and O–H groups in total. The molecule has 0 bridgehead atoms. The van der Waals surface area contributed by atoms with Gasteiger partial charge in [0.25, 0.3) is 0 Å². The fourth-order valence-electron chi connectivity index (χ4n) is 2.64. The molecular formula is C17H16N2S. The molecule has 100 valence electrons. The Balaban J connectivity index is 1.85. The highest BCUT2D eigenvalue weighted by Crippen LogP contribution is 2.31. The quantitative estimate of drug-likeness (QED) is 0.837. The van der Waals surface area contributed by atoms with E-state index in [0.717, 1.165) is 29.0 Å². The predicted molar refractivity (Wildman–Crippen MR) is 83.7 cm³/mol. The van der Waals surface area contributed by atoms with Crippen LogP contribution in [-0.2, 0) is 12.8 Å². The molecule has 2 aromatic rings. The van der Waals surface area contributed by atoms with Gasteiger partial charge in [0, 0.05) is 4.90 Å². The van der Waals surface area contributed by atoms with E-state index in [1.54, 1.807) is 11.9 Å². The van der Waals surface area contributed by atoms with Crippen LogP contribution in [0.25, 0.3) is 0 Å². The van der Waals surface area contributed by atoms with Crippen LogP contribution < -0.4 is 4.72 Å². The van der Waals surface area contributed by atoms with Gasteiger partial charge in [-0.2, -0.15) is 5.26 Å². The Bertz CT molecular complexity index is 644. The van der Waals surface area contributed by atoms with Crippen LogP contribution >= 0.6 is 11.9 Å².